The summed E-state index contributed by atoms with van der Waals surface area (Å²) in [4.78, 5) is 25.4. The van der Waals surface area contributed by atoms with Crippen molar-refractivity contribution in [3.8, 4) is 17.2 Å². The van der Waals surface area contributed by atoms with Crippen molar-refractivity contribution in [1.82, 2.24) is 15.1 Å². The van der Waals surface area contributed by atoms with Crippen LogP contribution in [0.1, 0.15) is 24.0 Å². The van der Waals surface area contributed by atoms with Crippen molar-refractivity contribution in [1.29, 1.82) is 0 Å². The zero-order valence-electron chi connectivity index (χ0n) is 21.2. The van der Waals surface area contributed by atoms with Crippen molar-refractivity contribution in [2.45, 2.75) is 36.9 Å². The van der Waals surface area contributed by atoms with Crippen molar-refractivity contribution in [2.24, 2.45) is 0 Å². The summed E-state index contributed by atoms with van der Waals surface area (Å²) < 4.78 is 44.5. The SMILES string of the molecule is COc1ccc(S(=O)(=O)N(Cc2ccc3c(c2)OCO3)[C@H](CCC(=O)NCc2ccccc2)C(=O)NO)cc1. The Hall–Kier alpha value is -4.13. The molecule has 4 rings (SSSR count). The molecule has 3 aromatic rings. The van der Waals surface area contributed by atoms with E-state index in [2.05, 4.69) is 5.32 Å². The topological polar surface area (TPSA) is 144 Å². The maximum atomic E-state index is 13.9. The first kappa shape index (κ1) is 27.9. The van der Waals surface area contributed by atoms with Crippen molar-refractivity contribution in [3.63, 3.8) is 0 Å². The predicted octanol–water partition coefficient (Wildman–Crippen LogP) is 2.59. The summed E-state index contributed by atoms with van der Waals surface area (Å²) >= 11 is 0. The molecule has 1 heterocycles. The van der Waals surface area contributed by atoms with Crippen molar-refractivity contribution in [2.75, 3.05) is 13.9 Å². The highest BCUT2D eigenvalue weighted by molar-refractivity contribution is 7.89. The lowest BCUT2D eigenvalue weighted by atomic mass is 10.1. The van der Waals surface area contributed by atoms with Crippen LogP contribution in [0.4, 0.5) is 0 Å². The number of ether oxygens (including phenoxy) is 3. The Morgan fingerprint density at radius 1 is 1.00 bits per heavy atom. The van der Waals surface area contributed by atoms with E-state index < -0.39 is 22.0 Å². The second-order valence-electron chi connectivity index (χ2n) is 8.71. The summed E-state index contributed by atoms with van der Waals surface area (Å²) in [6.07, 6.45) is -0.354. The number of hydrogen-bond acceptors (Lipinski definition) is 8. The van der Waals surface area contributed by atoms with E-state index in [1.165, 1.54) is 31.4 Å². The number of methoxy groups -OCH3 is 1. The Kier molecular flexibility index (Phi) is 9.02. The molecule has 0 spiro atoms. The van der Waals surface area contributed by atoms with Gasteiger partial charge in [0.15, 0.2) is 11.5 Å². The van der Waals surface area contributed by atoms with Gasteiger partial charge in [-0.15, -0.1) is 0 Å². The van der Waals surface area contributed by atoms with Crippen LogP contribution in [0.25, 0.3) is 0 Å². The number of carbonyl (C=O) groups is 2. The molecule has 0 saturated carbocycles. The molecule has 0 saturated heterocycles. The zero-order chi connectivity index (χ0) is 27.8. The average molecular weight is 556 g/mol. The molecule has 1 aliphatic rings. The molecule has 3 N–H and O–H groups in total. The van der Waals surface area contributed by atoms with Gasteiger partial charge in [0.05, 0.1) is 12.0 Å². The van der Waals surface area contributed by atoms with Crippen LogP contribution < -0.4 is 25.0 Å². The summed E-state index contributed by atoms with van der Waals surface area (Å²) in [5.74, 6) is 0.0694. The van der Waals surface area contributed by atoms with Gasteiger partial charge in [-0.1, -0.05) is 36.4 Å². The number of fused-ring (bicyclic) bond motifs is 1. The number of rotatable bonds is 12. The van der Waals surface area contributed by atoms with Gasteiger partial charge in [0.2, 0.25) is 22.7 Å². The highest BCUT2D eigenvalue weighted by atomic mass is 32.2. The number of sulfonamides is 1. The molecular formula is C27H29N3O8S. The molecule has 0 bridgehead atoms. The van der Waals surface area contributed by atoms with Crippen LogP contribution in [0.5, 0.6) is 17.2 Å². The summed E-state index contributed by atoms with van der Waals surface area (Å²) in [6.45, 7) is 0.0800. The lowest BCUT2D eigenvalue weighted by Crippen LogP contribution is -2.49. The minimum atomic E-state index is -4.29. The second kappa shape index (κ2) is 12.6. The number of benzene rings is 3. The van der Waals surface area contributed by atoms with Crippen molar-refractivity contribution >= 4 is 21.8 Å². The van der Waals surface area contributed by atoms with Crippen LogP contribution >= 0.6 is 0 Å². The molecule has 0 radical (unpaired) electrons. The molecule has 2 amide bonds. The molecule has 11 nitrogen and oxygen atoms in total. The van der Waals surface area contributed by atoms with Gasteiger partial charge in [0.1, 0.15) is 11.8 Å². The smallest absolute Gasteiger partial charge is 0.261 e. The van der Waals surface area contributed by atoms with Gasteiger partial charge in [-0.3, -0.25) is 14.8 Å². The van der Waals surface area contributed by atoms with Gasteiger partial charge in [0.25, 0.3) is 5.91 Å². The van der Waals surface area contributed by atoms with E-state index >= 15 is 0 Å². The number of nitrogens with zero attached hydrogens (tertiary/aromatic N) is 1. The third kappa shape index (κ3) is 6.85. The minimum absolute atomic E-state index is 0.0419. The fourth-order valence-corrected chi connectivity index (χ4v) is 5.70. The van der Waals surface area contributed by atoms with E-state index in [0.29, 0.717) is 22.8 Å². The van der Waals surface area contributed by atoms with Gasteiger partial charge in [0, 0.05) is 19.5 Å². The van der Waals surface area contributed by atoms with E-state index in [9.17, 15) is 23.2 Å². The van der Waals surface area contributed by atoms with Crippen LogP contribution in [0.2, 0.25) is 0 Å². The number of hydrogen-bond donors (Lipinski definition) is 3. The number of nitrogens with one attached hydrogen (secondary N) is 2. The maximum absolute atomic E-state index is 13.9. The molecule has 1 aliphatic heterocycles. The van der Waals surface area contributed by atoms with Gasteiger partial charge in [-0.25, -0.2) is 13.9 Å². The van der Waals surface area contributed by atoms with Gasteiger partial charge < -0.3 is 19.5 Å². The van der Waals surface area contributed by atoms with E-state index in [1.54, 1.807) is 23.7 Å². The molecule has 0 unspecified atom stereocenters. The van der Waals surface area contributed by atoms with Crippen LogP contribution in [-0.2, 0) is 32.7 Å². The first-order chi connectivity index (χ1) is 18.8. The molecule has 0 fully saturated rings. The molecule has 39 heavy (non-hydrogen) atoms. The first-order valence-corrected chi connectivity index (χ1v) is 13.5. The monoisotopic (exact) mass is 555 g/mol. The van der Waals surface area contributed by atoms with E-state index in [4.69, 9.17) is 14.2 Å². The Balaban J connectivity index is 1.60. The van der Waals surface area contributed by atoms with Gasteiger partial charge in [-0.2, -0.15) is 4.31 Å². The molecule has 0 aliphatic carbocycles. The standard InChI is InChI=1S/C27H29N3O8S/c1-36-21-8-10-22(11-9-21)39(34,35)30(17-20-7-13-24-25(15-20)38-18-37-24)23(27(32)29-33)12-14-26(31)28-16-19-5-3-2-4-6-19/h2-11,13,15,23,33H,12,14,16-18H2,1H3,(H,28,31)(H,29,32)/t23-/m1/s1. The van der Waals surface area contributed by atoms with Crippen LogP contribution in [0.3, 0.4) is 0 Å². The third-order valence-corrected chi connectivity index (χ3v) is 8.05. The Morgan fingerprint density at radius 3 is 2.41 bits per heavy atom. The highest BCUT2D eigenvalue weighted by Crippen LogP contribution is 2.34. The van der Waals surface area contributed by atoms with Crippen molar-refractivity contribution in [3.05, 3.63) is 83.9 Å². The predicted molar refractivity (Wildman–Crippen MR) is 140 cm³/mol. The minimum Gasteiger partial charge on any atom is -0.497 e. The second-order valence-corrected chi connectivity index (χ2v) is 10.6. The van der Waals surface area contributed by atoms with Gasteiger partial charge in [-0.05, 0) is 53.9 Å². The van der Waals surface area contributed by atoms with E-state index in [1.807, 2.05) is 30.3 Å². The molecule has 1 atom stereocenters. The molecule has 12 heteroatoms. The van der Waals surface area contributed by atoms with E-state index in [0.717, 1.165) is 9.87 Å². The maximum Gasteiger partial charge on any atom is 0.261 e. The van der Waals surface area contributed by atoms with Crippen molar-refractivity contribution < 1.29 is 37.4 Å². The Labute approximate surface area is 226 Å². The number of hydroxylamine groups is 1. The third-order valence-electron chi connectivity index (χ3n) is 6.18. The Morgan fingerprint density at radius 2 is 1.72 bits per heavy atom. The Bertz CT molecular complexity index is 1400. The number of amides is 2. The normalized spacial score (nSPS) is 13.1. The fourth-order valence-electron chi connectivity index (χ4n) is 4.10. The van der Waals surface area contributed by atoms with Gasteiger partial charge >= 0.3 is 0 Å². The molecule has 0 aromatic heterocycles. The fraction of sp³-hybridized carbons (Fsp3) is 0.259. The largest absolute Gasteiger partial charge is 0.497 e. The van der Waals surface area contributed by atoms with Crippen LogP contribution in [0, 0.1) is 0 Å². The average Bonchev–Trinajstić information content (AvgIpc) is 3.44. The number of carbonyl (C=O) groups excluding carboxylic acids is 2. The summed E-state index contributed by atoms with van der Waals surface area (Å²) in [5.41, 5.74) is 2.96. The van der Waals surface area contributed by atoms with Crippen LogP contribution in [-0.4, -0.2) is 49.7 Å². The highest BCUT2D eigenvalue weighted by Gasteiger charge is 2.36. The molecule has 3 aromatic carbocycles. The zero-order valence-corrected chi connectivity index (χ0v) is 22.0. The lowest BCUT2D eigenvalue weighted by molar-refractivity contribution is -0.133. The van der Waals surface area contributed by atoms with Crippen LogP contribution in [0.15, 0.2) is 77.7 Å². The first-order valence-electron chi connectivity index (χ1n) is 12.1. The molecule has 206 valence electrons. The lowest BCUT2D eigenvalue weighted by Gasteiger charge is -2.29. The quantitative estimate of drug-likeness (QED) is 0.229. The van der Waals surface area contributed by atoms with E-state index in [-0.39, 0.29) is 43.5 Å². The molecular weight excluding hydrogens is 526 g/mol. The summed E-state index contributed by atoms with van der Waals surface area (Å²) in [6, 6.07) is 18.5. The summed E-state index contributed by atoms with van der Waals surface area (Å²) in [5, 5.41) is 12.3. The summed E-state index contributed by atoms with van der Waals surface area (Å²) in [7, 11) is -2.84.